The topological polar surface area (TPSA) is 77.9 Å². The van der Waals surface area contributed by atoms with Gasteiger partial charge in [0.2, 0.25) is 5.91 Å². The Morgan fingerprint density at radius 1 is 1.42 bits per heavy atom. The molecule has 0 saturated carbocycles. The van der Waals surface area contributed by atoms with Crippen LogP contribution in [0.4, 0.5) is 0 Å². The predicted molar refractivity (Wildman–Crippen MR) is 91.0 cm³/mol. The number of carbonyl (C=O) groups is 3. The largest absolute Gasteiger partial charge is 0.477 e. The van der Waals surface area contributed by atoms with Crippen molar-refractivity contribution in [1.82, 2.24) is 9.80 Å². The van der Waals surface area contributed by atoms with Crippen LogP contribution < -0.4 is 0 Å². The van der Waals surface area contributed by atoms with Crippen molar-refractivity contribution in [2.45, 2.75) is 25.3 Å². The zero-order valence-electron chi connectivity index (χ0n) is 12.8. The molecule has 1 saturated heterocycles. The van der Waals surface area contributed by atoms with E-state index in [1.54, 1.807) is 18.3 Å². The van der Waals surface area contributed by atoms with Crippen LogP contribution in [-0.2, 0) is 27.3 Å². The quantitative estimate of drug-likeness (QED) is 0.642. The number of nitrogens with zero attached hydrogens (tertiary/aromatic N) is 2. The van der Waals surface area contributed by atoms with Gasteiger partial charge >= 0.3 is 5.97 Å². The van der Waals surface area contributed by atoms with Crippen LogP contribution in [0.3, 0.4) is 0 Å². The molecule has 1 atom stereocenters. The van der Waals surface area contributed by atoms with E-state index in [4.69, 9.17) is 5.11 Å². The van der Waals surface area contributed by atoms with Gasteiger partial charge in [-0.2, -0.15) is 0 Å². The third kappa shape index (κ3) is 2.29. The first-order chi connectivity index (χ1) is 11.5. The van der Waals surface area contributed by atoms with E-state index in [1.807, 2.05) is 17.0 Å². The zero-order chi connectivity index (χ0) is 17.0. The van der Waals surface area contributed by atoms with E-state index in [0.29, 0.717) is 12.1 Å². The number of rotatable bonds is 2. The molecule has 8 heteroatoms. The molecule has 24 heavy (non-hydrogen) atoms. The second-order valence-corrected chi connectivity index (χ2v) is 7.98. The monoisotopic (exact) mass is 362 g/mol. The Hall–Kier alpha value is -2.06. The maximum atomic E-state index is 12.2. The Labute approximate surface area is 146 Å². The van der Waals surface area contributed by atoms with Gasteiger partial charge in [-0.25, -0.2) is 4.79 Å². The summed E-state index contributed by atoms with van der Waals surface area (Å²) in [5, 5.41) is 10.4. The van der Waals surface area contributed by atoms with E-state index in [2.05, 4.69) is 0 Å². The number of amides is 2. The normalized spacial score (nSPS) is 23.7. The van der Waals surface area contributed by atoms with E-state index < -0.39 is 5.97 Å². The van der Waals surface area contributed by atoms with E-state index in [9.17, 15) is 14.4 Å². The number of fused-ring (bicyclic) bond motifs is 2. The zero-order valence-corrected chi connectivity index (χ0v) is 14.4. The average Bonchev–Trinajstić information content (AvgIpc) is 3.12. The highest BCUT2D eigenvalue weighted by atomic mass is 32.2. The first-order valence-corrected chi connectivity index (χ1v) is 9.23. The maximum absolute atomic E-state index is 12.2. The lowest BCUT2D eigenvalue weighted by atomic mass is 10.0. The summed E-state index contributed by atoms with van der Waals surface area (Å²) in [4.78, 5) is 40.2. The number of aliphatic carboxylic acids is 1. The van der Waals surface area contributed by atoms with Gasteiger partial charge in [0.15, 0.2) is 0 Å². The van der Waals surface area contributed by atoms with Crippen molar-refractivity contribution in [3.8, 4) is 0 Å². The number of carbonyl (C=O) groups excluding carboxylic acids is 2. The van der Waals surface area contributed by atoms with Crippen LogP contribution in [0.25, 0.3) is 6.08 Å². The average molecular weight is 362 g/mol. The molecule has 1 aromatic rings. The summed E-state index contributed by atoms with van der Waals surface area (Å²) in [5.41, 5.74) is 1.82. The van der Waals surface area contributed by atoms with Crippen molar-refractivity contribution >= 4 is 47.0 Å². The molecule has 0 aromatic carbocycles. The standard InChI is InChI=1S/C16H14N2O4S2/c1-8(19)17-3-2-13-9(6-17)4-10(24-13)5-11-14(20)18-12(16(21)22)7-23-15(11)18/h4-5,7,15H,2-3,6H2,1H3,(H,21,22)/b11-5+. The van der Waals surface area contributed by atoms with Crippen LogP contribution in [0.5, 0.6) is 0 Å². The van der Waals surface area contributed by atoms with Crippen molar-refractivity contribution in [3.63, 3.8) is 0 Å². The van der Waals surface area contributed by atoms with Crippen molar-refractivity contribution in [2.24, 2.45) is 0 Å². The van der Waals surface area contributed by atoms with Crippen LogP contribution in [0, 0.1) is 0 Å². The van der Waals surface area contributed by atoms with Crippen LogP contribution >= 0.6 is 23.1 Å². The lowest BCUT2D eigenvalue weighted by molar-refractivity contribution is -0.141. The van der Waals surface area contributed by atoms with Gasteiger partial charge in [0.1, 0.15) is 11.1 Å². The number of carboxylic acids is 1. The highest BCUT2D eigenvalue weighted by molar-refractivity contribution is 8.03. The lowest BCUT2D eigenvalue weighted by Crippen LogP contribution is -2.51. The van der Waals surface area contributed by atoms with Gasteiger partial charge in [-0.1, -0.05) is 0 Å². The van der Waals surface area contributed by atoms with Crippen molar-refractivity contribution in [2.75, 3.05) is 6.54 Å². The molecule has 0 aliphatic carbocycles. The van der Waals surface area contributed by atoms with E-state index in [-0.39, 0.29) is 22.9 Å². The number of carboxylic acid groups (broad SMARTS) is 1. The third-order valence-corrected chi connectivity index (χ3v) is 6.65. The molecule has 6 nitrogen and oxygen atoms in total. The SMILES string of the molecule is CC(=O)N1CCc2sc(/C=C3\C(=O)N4C(C(=O)O)=CSC34)cc2C1. The van der Waals surface area contributed by atoms with Crippen LogP contribution in [0.2, 0.25) is 0 Å². The van der Waals surface area contributed by atoms with Crippen molar-refractivity contribution in [1.29, 1.82) is 0 Å². The van der Waals surface area contributed by atoms with Gasteiger partial charge in [-0.05, 0) is 24.1 Å². The summed E-state index contributed by atoms with van der Waals surface area (Å²) in [6.45, 7) is 2.93. The maximum Gasteiger partial charge on any atom is 0.353 e. The molecule has 2 amide bonds. The molecule has 0 spiro atoms. The lowest BCUT2D eigenvalue weighted by Gasteiger charge is -2.37. The molecule has 3 aliphatic heterocycles. The molecular weight excluding hydrogens is 348 g/mol. The molecule has 124 valence electrons. The number of β-lactam (4-membered cyclic amide) rings is 1. The summed E-state index contributed by atoms with van der Waals surface area (Å²) < 4.78 is 0. The van der Waals surface area contributed by atoms with E-state index >= 15 is 0 Å². The van der Waals surface area contributed by atoms with Crippen LogP contribution in [0.15, 0.2) is 22.7 Å². The molecule has 4 rings (SSSR count). The Morgan fingerprint density at radius 3 is 2.92 bits per heavy atom. The van der Waals surface area contributed by atoms with Crippen LogP contribution in [-0.4, -0.2) is 44.6 Å². The van der Waals surface area contributed by atoms with Gasteiger partial charge in [-0.3, -0.25) is 14.5 Å². The molecule has 1 aromatic heterocycles. The fraction of sp³-hybridized carbons (Fsp3) is 0.312. The fourth-order valence-corrected chi connectivity index (χ4v) is 5.35. The Balaban J connectivity index is 1.56. The Morgan fingerprint density at radius 2 is 2.21 bits per heavy atom. The number of thioether (sulfide) groups is 1. The summed E-state index contributed by atoms with van der Waals surface area (Å²) >= 11 is 2.99. The minimum absolute atomic E-state index is 0.0507. The minimum atomic E-state index is -1.08. The van der Waals surface area contributed by atoms with E-state index in [1.165, 1.54) is 26.9 Å². The number of hydrogen-bond donors (Lipinski definition) is 1. The highest BCUT2D eigenvalue weighted by Crippen LogP contribution is 2.45. The van der Waals surface area contributed by atoms with Gasteiger partial charge in [0, 0.05) is 35.2 Å². The molecular formula is C16H14N2O4S2. The summed E-state index contributed by atoms with van der Waals surface area (Å²) in [7, 11) is 0. The molecule has 1 fully saturated rings. The molecule has 0 bridgehead atoms. The molecule has 1 unspecified atom stereocenters. The van der Waals surface area contributed by atoms with E-state index in [0.717, 1.165) is 23.4 Å². The Bertz CT molecular complexity index is 839. The summed E-state index contributed by atoms with van der Waals surface area (Å²) in [5.74, 6) is -1.24. The number of thiophene rings is 1. The summed E-state index contributed by atoms with van der Waals surface area (Å²) in [6.07, 6.45) is 2.70. The first-order valence-electron chi connectivity index (χ1n) is 7.47. The summed E-state index contributed by atoms with van der Waals surface area (Å²) in [6, 6.07) is 2.03. The molecule has 1 N–H and O–H groups in total. The molecule has 0 radical (unpaired) electrons. The highest BCUT2D eigenvalue weighted by Gasteiger charge is 2.49. The van der Waals surface area contributed by atoms with Crippen molar-refractivity contribution in [3.05, 3.63) is 38.1 Å². The fourth-order valence-electron chi connectivity index (χ4n) is 3.12. The van der Waals surface area contributed by atoms with Gasteiger partial charge in [-0.15, -0.1) is 23.1 Å². The second-order valence-electron chi connectivity index (χ2n) is 5.86. The third-order valence-electron chi connectivity index (χ3n) is 4.38. The van der Waals surface area contributed by atoms with Gasteiger partial charge in [0.25, 0.3) is 5.91 Å². The number of hydrogen-bond acceptors (Lipinski definition) is 5. The minimum Gasteiger partial charge on any atom is -0.477 e. The predicted octanol–water partition coefficient (Wildman–Crippen LogP) is 1.88. The van der Waals surface area contributed by atoms with Gasteiger partial charge < -0.3 is 10.0 Å². The smallest absolute Gasteiger partial charge is 0.353 e. The molecule has 4 heterocycles. The van der Waals surface area contributed by atoms with Crippen LogP contribution in [0.1, 0.15) is 22.2 Å². The first kappa shape index (κ1) is 15.5. The van der Waals surface area contributed by atoms with Gasteiger partial charge in [0.05, 0.1) is 5.57 Å². The molecule has 3 aliphatic rings. The second kappa shape index (κ2) is 5.49. The Kier molecular flexibility index (Phi) is 3.54. The van der Waals surface area contributed by atoms with Crippen molar-refractivity contribution < 1.29 is 19.5 Å².